The molecular formula is C14H16N2O3S. The molecule has 5 nitrogen and oxygen atoms in total. The first kappa shape index (κ1) is 13.3. The van der Waals surface area contributed by atoms with Gasteiger partial charge in [-0.2, -0.15) is 0 Å². The van der Waals surface area contributed by atoms with Crippen LogP contribution < -0.4 is 4.72 Å². The van der Waals surface area contributed by atoms with Crippen LogP contribution in [0.2, 0.25) is 0 Å². The Morgan fingerprint density at radius 3 is 2.75 bits per heavy atom. The minimum absolute atomic E-state index is 0.101. The lowest BCUT2D eigenvalue weighted by molar-refractivity contribution is 0.492. The number of hydrogen-bond donors (Lipinski definition) is 1. The molecule has 1 aliphatic rings. The summed E-state index contributed by atoms with van der Waals surface area (Å²) in [4.78, 5) is 3.94. The third kappa shape index (κ3) is 2.62. The van der Waals surface area contributed by atoms with Crippen LogP contribution in [-0.2, 0) is 16.6 Å². The van der Waals surface area contributed by atoms with E-state index in [0.29, 0.717) is 17.9 Å². The smallest absolute Gasteiger partial charge is 0.215 e. The second kappa shape index (κ2) is 5.03. The Morgan fingerprint density at radius 1 is 1.35 bits per heavy atom. The summed E-state index contributed by atoms with van der Waals surface area (Å²) in [6.07, 6.45) is 2.00. The van der Waals surface area contributed by atoms with E-state index in [2.05, 4.69) is 9.71 Å². The van der Waals surface area contributed by atoms with Gasteiger partial charge >= 0.3 is 0 Å². The van der Waals surface area contributed by atoms with E-state index in [1.165, 1.54) is 6.39 Å². The van der Waals surface area contributed by atoms with E-state index in [-0.39, 0.29) is 17.7 Å². The molecule has 106 valence electrons. The molecule has 0 unspecified atom stereocenters. The number of hydrogen-bond acceptors (Lipinski definition) is 4. The lowest BCUT2D eigenvalue weighted by Crippen LogP contribution is -2.27. The van der Waals surface area contributed by atoms with Crippen molar-refractivity contribution in [3.63, 3.8) is 0 Å². The molecule has 6 heteroatoms. The fourth-order valence-electron chi connectivity index (χ4n) is 2.33. The van der Waals surface area contributed by atoms with Crippen LogP contribution in [0.15, 0.2) is 41.1 Å². The molecule has 0 bridgehead atoms. The van der Waals surface area contributed by atoms with Gasteiger partial charge in [-0.05, 0) is 18.9 Å². The van der Waals surface area contributed by atoms with E-state index in [0.717, 1.165) is 5.56 Å². The van der Waals surface area contributed by atoms with Crippen molar-refractivity contribution < 1.29 is 12.8 Å². The highest BCUT2D eigenvalue weighted by Crippen LogP contribution is 2.45. The molecule has 2 atom stereocenters. The minimum atomic E-state index is -3.32. The lowest BCUT2D eigenvalue weighted by Gasteiger charge is -2.05. The van der Waals surface area contributed by atoms with Gasteiger partial charge in [-0.3, -0.25) is 0 Å². The van der Waals surface area contributed by atoms with Gasteiger partial charge in [0.1, 0.15) is 5.76 Å². The van der Waals surface area contributed by atoms with Crippen LogP contribution >= 0.6 is 0 Å². The number of benzene rings is 1. The maximum atomic E-state index is 12.2. The van der Waals surface area contributed by atoms with Crippen LogP contribution in [0.3, 0.4) is 0 Å². The first-order chi connectivity index (χ1) is 9.58. The van der Waals surface area contributed by atoms with Crippen molar-refractivity contribution in [2.24, 2.45) is 0 Å². The van der Waals surface area contributed by atoms with E-state index in [4.69, 9.17) is 4.42 Å². The van der Waals surface area contributed by atoms with Gasteiger partial charge in [-0.1, -0.05) is 30.3 Å². The van der Waals surface area contributed by atoms with Gasteiger partial charge in [0.2, 0.25) is 10.0 Å². The Morgan fingerprint density at radius 2 is 2.10 bits per heavy atom. The maximum absolute atomic E-state index is 12.2. The molecule has 0 aliphatic heterocycles. The van der Waals surface area contributed by atoms with Crippen LogP contribution in [0.5, 0.6) is 0 Å². The third-order valence-electron chi connectivity index (χ3n) is 3.64. The molecule has 0 saturated heterocycles. The van der Waals surface area contributed by atoms with Gasteiger partial charge in [0.05, 0.1) is 17.5 Å². The molecule has 1 N–H and O–H groups in total. The SMILES string of the molecule is Cc1ncoc1CNS(=O)(=O)[C@@H]1C[C@H]1c1ccccc1. The zero-order valence-electron chi connectivity index (χ0n) is 11.1. The molecule has 1 heterocycles. The van der Waals surface area contributed by atoms with E-state index in [1.807, 2.05) is 30.3 Å². The standard InChI is InChI=1S/C14H16N2O3S/c1-10-13(19-9-15-10)8-16-20(17,18)14-7-12(14)11-5-3-2-4-6-11/h2-6,9,12,14,16H,7-8H2,1H3/t12-,14+/m0/s1. The van der Waals surface area contributed by atoms with Crippen molar-refractivity contribution in [2.45, 2.75) is 31.1 Å². The maximum Gasteiger partial charge on any atom is 0.215 e. The number of nitrogens with one attached hydrogen (secondary N) is 1. The van der Waals surface area contributed by atoms with Crippen molar-refractivity contribution in [3.8, 4) is 0 Å². The molecule has 1 aromatic carbocycles. The fourth-order valence-corrected chi connectivity index (χ4v) is 3.93. The molecule has 2 aromatic rings. The molecule has 3 rings (SSSR count). The molecule has 1 aliphatic carbocycles. The first-order valence-corrected chi connectivity index (χ1v) is 8.05. The molecular weight excluding hydrogens is 276 g/mol. The average molecular weight is 292 g/mol. The number of sulfonamides is 1. The van der Waals surface area contributed by atoms with Crippen molar-refractivity contribution in [1.29, 1.82) is 0 Å². The van der Waals surface area contributed by atoms with Gasteiger partial charge in [0.25, 0.3) is 0 Å². The van der Waals surface area contributed by atoms with Crippen LogP contribution in [0, 0.1) is 6.92 Å². The number of aromatic nitrogens is 1. The van der Waals surface area contributed by atoms with Crippen LogP contribution in [0.4, 0.5) is 0 Å². The van der Waals surface area contributed by atoms with E-state index in [1.54, 1.807) is 6.92 Å². The van der Waals surface area contributed by atoms with Gasteiger partial charge < -0.3 is 4.42 Å². The molecule has 1 fully saturated rings. The summed E-state index contributed by atoms with van der Waals surface area (Å²) >= 11 is 0. The van der Waals surface area contributed by atoms with E-state index < -0.39 is 10.0 Å². The van der Waals surface area contributed by atoms with E-state index >= 15 is 0 Å². The summed E-state index contributed by atoms with van der Waals surface area (Å²) in [5.74, 6) is 0.662. The van der Waals surface area contributed by atoms with Crippen molar-refractivity contribution in [3.05, 3.63) is 53.7 Å². The highest BCUT2D eigenvalue weighted by molar-refractivity contribution is 7.90. The largest absolute Gasteiger partial charge is 0.447 e. The minimum Gasteiger partial charge on any atom is -0.447 e. The molecule has 20 heavy (non-hydrogen) atoms. The van der Waals surface area contributed by atoms with Gasteiger partial charge in [-0.15, -0.1) is 0 Å². The van der Waals surface area contributed by atoms with Crippen LogP contribution in [0.25, 0.3) is 0 Å². The monoisotopic (exact) mass is 292 g/mol. The van der Waals surface area contributed by atoms with Gasteiger partial charge in [-0.25, -0.2) is 18.1 Å². The molecule has 0 radical (unpaired) electrons. The summed E-state index contributed by atoms with van der Waals surface area (Å²) in [7, 11) is -3.32. The predicted octanol–water partition coefficient (Wildman–Crippen LogP) is 1.96. The topological polar surface area (TPSA) is 72.2 Å². The predicted molar refractivity (Wildman–Crippen MR) is 74.6 cm³/mol. The highest BCUT2D eigenvalue weighted by atomic mass is 32.2. The normalized spacial score (nSPS) is 21.9. The Bertz CT molecular complexity index is 694. The third-order valence-corrected chi connectivity index (χ3v) is 5.50. The second-order valence-electron chi connectivity index (χ2n) is 5.02. The van der Waals surface area contributed by atoms with Gasteiger partial charge in [0, 0.05) is 5.92 Å². The Hall–Kier alpha value is -1.66. The molecule has 1 saturated carbocycles. The van der Waals surface area contributed by atoms with Crippen LogP contribution in [0.1, 0.15) is 29.4 Å². The quantitative estimate of drug-likeness (QED) is 0.914. The average Bonchev–Trinajstić information content (AvgIpc) is 3.16. The molecule has 0 spiro atoms. The lowest BCUT2D eigenvalue weighted by atomic mass is 10.1. The van der Waals surface area contributed by atoms with Crippen LogP contribution in [-0.4, -0.2) is 18.7 Å². The summed E-state index contributed by atoms with van der Waals surface area (Å²) in [5, 5.41) is -0.340. The van der Waals surface area contributed by atoms with Crippen molar-refractivity contribution >= 4 is 10.0 Å². The Labute approximate surface area is 118 Å². The molecule has 0 amide bonds. The number of nitrogens with zero attached hydrogens (tertiary/aromatic N) is 1. The highest BCUT2D eigenvalue weighted by Gasteiger charge is 2.47. The summed E-state index contributed by atoms with van der Waals surface area (Å²) in [6, 6.07) is 9.74. The number of aryl methyl sites for hydroxylation is 1. The van der Waals surface area contributed by atoms with Gasteiger partial charge in [0.15, 0.2) is 6.39 Å². The zero-order valence-corrected chi connectivity index (χ0v) is 11.9. The number of oxazole rings is 1. The fraction of sp³-hybridized carbons (Fsp3) is 0.357. The summed E-state index contributed by atoms with van der Waals surface area (Å²) in [5.41, 5.74) is 1.79. The Kier molecular flexibility index (Phi) is 3.35. The van der Waals surface area contributed by atoms with Crippen molar-refractivity contribution in [2.75, 3.05) is 0 Å². The number of rotatable bonds is 5. The summed E-state index contributed by atoms with van der Waals surface area (Å²) in [6.45, 7) is 1.95. The molecule has 1 aromatic heterocycles. The second-order valence-corrected chi connectivity index (χ2v) is 7.00. The summed E-state index contributed by atoms with van der Waals surface area (Å²) < 4.78 is 32.2. The van der Waals surface area contributed by atoms with E-state index in [9.17, 15) is 8.42 Å². The first-order valence-electron chi connectivity index (χ1n) is 6.50. The zero-order chi connectivity index (χ0) is 14.2. The van der Waals surface area contributed by atoms with Crippen molar-refractivity contribution in [1.82, 2.24) is 9.71 Å². The Balaban J connectivity index is 1.64.